The first-order chi connectivity index (χ1) is 21.8. The van der Waals surface area contributed by atoms with Crippen molar-refractivity contribution in [3.05, 3.63) is 133 Å². The highest BCUT2D eigenvalue weighted by atomic mass is 15.0. The second kappa shape index (κ2) is 9.59. The van der Waals surface area contributed by atoms with Gasteiger partial charge in [-0.1, -0.05) is 109 Å². The molecule has 0 aliphatic carbocycles. The lowest BCUT2D eigenvalue weighted by atomic mass is 9.88. The fraction of sp³-hybridized carbons (Fsp3) is 0.0952. The predicted molar refractivity (Wildman–Crippen MR) is 190 cm³/mol. The number of rotatable bonds is 4. The summed E-state index contributed by atoms with van der Waals surface area (Å²) in [6, 6.07) is 49.5. The van der Waals surface area contributed by atoms with E-state index >= 15 is 0 Å². The molecule has 9 rings (SSSR count). The van der Waals surface area contributed by atoms with E-state index in [-0.39, 0.29) is 0 Å². The zero-order valence-corrected chi connectivity index (χ0v) is 25.0. The lowest BCUT2D eigenvalue weighted by molar-refractivity contribution is 0.825. The van der Waals surface area contributed by atoms with Gasteiger partial charge in [-0.2, -0.15) is 0 Å². The van der Waals surface area contributed by atoms with E-state index in [1.54, 1.807) is 0 Å². The van der Waals surface area contributed by atoms with E-state index in [9.17, 15) is 0 Å². The zero-order chi connectivity index (χ0) is 29.4. The van der Waals surface area contributed by atoms with Crippen LogP contribution in [0.5, 0.6) is 0 Å². The van der Waals surface area contributed by atoms with Crippen LogP contribution in [0.15, 0.2) is 133 Å². The molecule has 0 radical (unpaired) electrons. The fourth-order valence-corrected chi connectivity index (χ4v) is 7.78. The highest BCUT2D eigenvalue weighted by molar-refractivity contribution is 6.32. The number of nitrogens with zero attached hydrogens (tertiary/aromatic N) is 2. The van der Waals surface area contributed by atoms with E-state index in [0.717, 1.165) is 13.1 Å². The van der Waals surface area contributed by atoms with Crippen molar-refractivity contribution in [3.8, 4) is 22.3 Å². The lowest BCUT2D eigenvalue weighted by Crippen LogP contribution is -1.99. The Bertz CT molecular complexity index is 2400. The second-order valence-corrected chi connectivity index (χ2v) is 11.8. The van der Waals surface area contributed by atoms with Crippen molar-refractivity contribution in [3.63, 3.8) is 0 Å². The number of aromatic nitrogens is 2. The third-order valence-electron chi connectivity index (χ3n) is 9.62. The number of benzene rings is 7. The standard InChI is InChI=1S/C42H32N2/c1-3-43-35-19-11-9-17-33(35)39-38(32-24-22-28-14-6-8-16-30(28)26-32)42-40(34-18-10-12-20-36(34)44(42)4-2)37(41(39)43)31-23-21-27-13-5-7-15-29(27)25-31/h5-26H,3-4H2,1-2H3. The Kier molecular flexibility index (Phi) is 5.49. The zero-order valence-electron chi connectivity index (χ0n) is 25.0. The summed E-state index contributed by atoms with van der Waals surface area (Å²) in [5.41, 5.74) is 10.4. The van der Waals surface area contributed by atoms with Crippen molar-refractivity contribution in [1.29, 1.82) is 0 Å². The van der Waals surface area contributed by atoms with Crippen molar-refractivity contribution in [2.75, 3.05) is 0 Å². The van der Waals surface area contributed by atoms with E-state index in [0.29, 0.717) is 0 Å². The molecule has 44 heavy (non-hydrogen) atoms. The minimum absolute atomic E-state index is 0.889. The average Bonchev–Trinajstić information content (AvgIpc) is 3.59. The highest BCUT2D eigenvalue weighted by Crippen LogP contribution is 2.51. The molecule has 0 saturated heterocycles. The quantitative estimate of drug-likeness (QED) is 0.201. The normalized spacial score (nSPS) is 12.0. The molecule has 210 valence electrons. The summed E-state index contributed by atoms with van der Waals surface area (Å²) >= 11 is 0. The molecule has 2 heteroatoms. The van der Waals surface area contributed by atoms with Gasteiger partial charge >= 0.3 is 0 Å². The first-order valence-corrected chi connectivity index (χ1v) is 15.7. The largest absolute Gasteiger partial charge is 0.340 e. The van der Waals surface area contributed by atoms with Gasteiger partial charge in [0.25, 0.3) is 0 Å². The Morgan fingerprint density at radius 3 is 1.23 bits per heavy atom. The maximum absolute atomic E-state index is 2.55. The predicted octanol–water partition coefficient (Wildman–Crippen LogP) is 11.6. The molecule has 7 aromatic carbocycles. The first-order valence-electron chi connectivity index (χ1n) is 15.7. The lowest BCUT2D eigenvalue weighted by Gasteiger charge is -2.18. The van der Waals surface area contributed by atoms with E-state index in [1.165, 1.54) is 87.4 Å². The molecule has 2 heterocycles. The van der Waals surface area contributed by atoms with E-state index in [2.05, 4.69) is 156 Å². The van der Waals surface area contributed by atoms with Gasteiger partial charge in [0.1, 0.15) is 0 Å². The van der Waals surface area contributed by atoms with Crippen LogP contribution in [0.1, 0.15) is 13.8 Å². The summed E-state index contributed by atoms with van der Waals surface area (Å²) < 4.78 is 5.11. The molecule has 0 spiro atoms. The number of fused-ring (bicyclic) bond motifs is 8. The molecule has 0 aliphatic rings. The Morgan fingerprint density at radius 1 is 0.409 bits per heavy atom. The topological polar surface area (TPSA) is 9.86 Å². The van der Waals surface area contributed by atoms with Gasteiger partial charge in [-0.05, 0) is 70.8 Å². The van der Waals surface area contributed by atoms with E-state index < -0.39 is 0 Å². The molecule has 2 aromatic heterocycles. The SMILES string of the molecule is CCn1c2ccccc2c2c(-c3ccc4ccccc4c3)c3c(c(-c4ccc5ccccc5c4)c21)c1ccccc1n3CC. The maximum atomic E-state index is 2.55. The van der Waals surface area contributed by atoms with Gasteiger partial charge < -0.3 is 9.13 Å². The molecular weight excluding hydrogens is 532 g/mol. The van der Waals surface area contributed by atoms with Crippen molar-refractivity contribution < 1.29 is 0 Å². The van der Waals surface area contributed by atoms with Crippen LogP contribution in [0, 0.1) is 0 Å². The van der Waals surface area contributed by atoms with Crippen molar-refractivity contribution in [1.82, 2.24) is 9.13 Å². The Hall–Kier alpha value is -5.34. The van der Waals surface area contributed by atoms with Gasteiger partial charge in [0, 0.05) is 56.8 Å². The van der Waals surface area contributed by atoms with Gasteiger partial charge in [0.05, 0.1) is 11.0 Å². The third kappa shape index (κ3) is 3.43. The molecule has 0 unspecified atom stereocenters. The number of hydrogen-bond acceptors (Lipinski definition) is 0. The monoisotopic (exact) mass is 564 g/mol. The summed E-state index contributed by atoms with van der Waals surface area (Å²) in [7, 11) is 0. The fourth-order valence-electron chi connectivity index (χ4n) is 7.78. The number of para-hydroxylation sites is 2. The van der Waals surface area contributed by atoms with Crippen LogP contribution in [0.4, 0.5) is 0 Å². The van der Waals surface area contributed by atoms with Crippen LogP contribution in [0.3, 0.4) is 0 Å². The van der Waals surface area contributed by atoms with Gasteiger partial charge in [-0.15, -0.1) is 0 Å². The summed E-state index contributed by atoms with van der Waals surface area (Å²) in [6.07, 6.45) is 0. The van der Waals surface area contributed by atoms with Crippen LogP contribution in [0.25, 0.3) is 87.4 Å². The van der Waals surface area contributed by atoms with Crippen LogP contribution in [0.2, 0.25) is 0 Å². The van der Waals surface area contributed by atoms with Gasteiger partial charge in [-0.3, -0.25) is 0 Å². The summed E-state index contributed by atoms with van der Waals surface area (Å²) in [5, 5.41) is 10.4. The molecular formula is C42H32N2. The van der Waals surface area contributed by atoms with Crippen molar-refractivity contribution in [2.24, 2.45) is 0 Å². The summed E-state index contributed by atoms with van der Waals surface area (Å²) in [4.78, 5) is 0. The van der Waals surface area contributed by atoms with Crippen LogP contribution < -0.4 is 0 Å². The van der Waals surface area contributed by atoms with Crippen molar-refractivity contribution >= 4 is 65.2 Å². The molecule has 0 fully saturated rings. The van der Waals surface area contributed by atoms with E-state index in [4.69, 9.17) is 0 Å². The molecule has 0 aliphatic heterocycles. The first kappa shape index (κ1) is 25.2. The van der Waals surface area contributed by atoms with Gasteiger partial charge in [0.15, 0.2) is 0 Å². The number of aryl methyl sites for hydroxylation is 2. The average molecular weight is 565 g/mol. The molecule has 0 bridgehead atoms. The van der Waals surface area contributed by atoms with E-state index in [1.807, 2.05) is 0 Å². The molecule has 9 aromatic rings. The molecule has 0 amide bonds. The Balaban J connectivity index is 1.60. The molecule has 2 nitrogen and oxygen atoms in total. The van der Waals surface area contributed by atoms with Crippen molar-refractivity contribution in [2.45, 2.75) is 26.9 Å². The summed E-state index contributed by atoms with van der Waals surface area (Å²) in [6.45, 7) is 6.34. The number of hydrogen-bond donors (Lipinski definition) is 0. The minimum atomic E-state index is 0.889. The Labute approximate surface area is 256 Å². The molecule has 0 atom stereocenters. The second-order valence-electron chi connectivity index (χ2n) is 11.8. The van der Waals surface area contributed by atoms with Gasteiger partial charge in [0.2, 0.25) is 0 Å². The molecule has 0 N–H and O–H groups in total. The highest BCUT2D eigenvalue weighted by Gasteiger charge is 2.27. The summed E-state index contributed by atoms with van der Waals surface area (Å²) in [5.74, 6) is 0. The third-order valence-corrected chi connectivity index (χ3v) is 9.62. The Morgan fingerprint density at radius 2 is 0.795 bits per heavy atom. The molecule has 0 saturated carbocycles. The van der Waals surface area contributed by atoms with Crippen LogP contribution in [-0.4, -0.2) is 9.13 Å². The van der Waals surface area contributed by atoms with Gasteiger partial charge in [-0.25, -0.2) is 0 Å². The smallest absolute Gasteiger partial charge is 0.0585 e. The van der Waals surface area contributed by atoms with Crippen LogP contribution >= 0.6 is 0 Å². The van der Waals surface area contributed by atoms with Crippen LogP contribution in [-0.2, 0) is 13.1 Å². The minimum Gasteiger partial charge on any atom is -0.340 e. The maximum Gasteiger partial charge on any atom is 0.0585 e.